The lowest BCUT2D eigenvalue weighted by Crippen LogP contribution is -2.61. The lowest BCUT2D eigenvalue weighted by Gasteiger charge is -2.30. The van der Waals surface area contributed by atoms with Crippen molar-refractivity contribution in [3.05, 3.63) is 35.9 Å². The standard InChI is InChI=1S/C21H30O8/c1-5-26-18(22)17(21(25,19(23)27-6-2)20(24)28-7-3)29-14-13-15(4)16-11-9-8-10-12-16/h8-12,15,17,25H,5-7,13-14H2,1-4H3. The van der Waals surface area contributed by atoms with Gasteiger partial charge in [0.2, 0.25) is 6.10 Å². The first-order valence-corrected chi connectivity index (χ1v) is 9.72. The van der Waals surface area contributed by atoms with E-state index in [1.54, 1.807) is 6.92 Å². The van der Waals surface area contributed by atoms with Gasteiger partial charge >= 0.3 is 17.9 Å². The Labute approximate surface area is 171 Å². The van der Waals surface area contributed by atoms with E-state index in [1.807, 2.05) is 37.3 Å². The minimum Gasteiger partial charge on any atom is -0.464 e. The number of hydrogen-bond donors (Lipinski definition) is 1. The van der Waals surface area contributed by atoms with Crippen LogP contribution >= 0.6 is 0 Å². The fourth-order valence-corrected chi connectivity index (χ4v) is 2.67. The van der Waals surface area contributed by atoms with E-state index in [9.17, 15) is 19.5 Å². The van der Waals surface area contributed by atoms with Crippen molar-refractivity contribution in [3.63, 3.8) is 0 Å². The molecule has 1 N–H and O–H groups in total. The molecule has 8 heteroatoms. The maximum Gasteiger partial charge on any atom is 0.353 e. The van der Waals surface area contributed by atoms with E-state index in [4.69, 9.17) is 18.9 Å². The van der Waals surface area contributed by atoms with Crippen LogP contribution in [0, 0.1) is 0 Å². The molecule has 2 unspecified atom stereocenters. The molecule has 0 aliphatic rings. The predicted molar refractivity (Wildman–Crippen MR) is 104 cm³/mol. The largest absolute Gasteiger partial charge is 0.464 e. The van der Waals surface area contributed by atoms with E-state index in [1.165, 1.54) is 13.8 Å². The Morgan fingerprint density at radius 1 is 0.931 bits per heavy atom. The van der Waals surface area contributed by atoms with Crippen LogP contribution in [0.5, 0.6) is 0 Å². The highest BCUT2D eigenvalue weighted by molar-refractivity contribution is 6.08. The second-order valence-corrected chi connectivity index (χ2v) is 6.31. The van der Waals surface area contributed by atoms with Crippen LogP contribution in [0.25, 0.3) is 0 Å². The van der Waals surface area contributed by atoms with Crippen LogP contribution in [0.4, 0.5) is 0 Å². The monoisotopic (exact) mass is 410 g/mol. The van der Waals surface area contributed by atoms with Crippen LogP contribution in [0.15, 0.2) is 30.3 Å². The van der Waals surface area contributed by atoms with Crippen molar-refractivity contribution in [2.24, 2.45) is 0 Å². The first-order chi connectivity index (χ1) is 13.8. The molecular weight excluding hydrogens is 380 g/mol. The van der Waals surface area contributed by atoms with Crippen molar-refractivity contribution in [2.45, 2.75) is 51.7 Å². The Morgan fingerprint density at radius 2 is 1.45 bits per heavy atom. The molecule has 0 radical (unpaired) electrons. The molecular formula is C21H30O8. The third kappa shape index (κ3) is 6.54. The average Bonchev–Trinajstić information content (AvgIpc) is 2.71. The molecule has 0 amide bonds. The topological polar surface area (TPSA) is 108 Å². The molecule has 0 bridgehead atoms. The maximum absolute atomic E-state index is 12.4. The zero-order valence-electron chi connectivity index (χ0n) is 17.4. The number of aliphatic hydroxyl groups is 1. The van der Waals surface area contributed by atoms with E-state index in [-0.39, 0.29) is 32.3 Å². The lowest BCUT2D eigenvalue weighted by molar-refractivity contribution is -0.208. The Bertz CT molecular complexity index is 640. The number of carbonyl (C=O) groups is 3. The normalized spacial score (nSPS) is 13.3. The van der Waals surface area contributed by atoms with Gasteiger partial charge in [-0.2, -0.15) is 0 Å². The molecule has 1 aromatic rings. The SMILES string of the molecule is CCOC(=O)C(OCCC(C)c1ccccc1)C(O)(C(=O)OCC)C(=O)OCC. The maximum atomic E-state index is 12.4. The van der Waals surface area contributed by atoms with Gasteiger partial charge in [0.25, 0.3) is 5.60 Å². The van der Waals surface area contributed by atoms with Crippen LogP contribution in [0.3, 0.4) is 0 Å². The molecule has 1 aromatic carbocycles. The number of ether oxygens (including phenoxy) is 4. The van der Waals surface area contributed by atoms with Gasteiger partial charge in [-0.3, -0.25) is 0 Å². The van der Waals surface area contributed by atoms with Gasteiger partial charge in [0.15, 0.2) is 0 Å². The Morgan fingerprint density at radius 3 is 1.93 bits per heavy atom. The van der Waals surface area contributed by atoms with Gasteiger partial charge in [-0.15, -0.1) is 0 Å². The minimum absolute atomic E-state index is 0.0132. The predicted octanol–water partition coefficient (Wildman–Crippen LogP) is 1.99. The highest BCUT2D eigenvalue weighted by atomic mass is 16.6. The third-order valence-electron chi connectivity index (χ3n) is 4.26. The summed E-state index contributed by atoms with van der Waals surface area (Å²) in [7, 11) is 0. The molecule has 8 nitrogen and oxygen atoms in total. The smallest absolute Gasteiger partial charge is 0.353 e. The van der Waals surface area contributed by atoms with Crippen LogP contribution in [-0.2, 0) is 33.3 Å². The summed E-state index contributed by atoms with van der Waals surface area (Å²) in [5, 5.41) is 10.9. The van der Waals surface area contributed by atoms with Crippen LogP contribution in [0.1, 0.15) is 45.6 Å². The highest BCUT2D eigenvalue weighted by Gasteiger charge is 2.59. The lowest BCUT2D eigenvalue weighted by atomic mass is 9.95. The highest BCUT2D eigenvalue weighted by Crippen LogP contribution is 2.23. The second-order valence-electron chi connectivity index (χ2n) is 6.31. The fourth-order valence-electron chi connectivity index (χ4n) is 2.67. The molecule has 0 aliphatic heterocycles. The summed E-state index contributed by atoms with van der Waals surface area (Å²) in [6.07, 6.45) is -1.44. The molecule has 0 aromatic heterocycles. The Kier molecular flexibility index (Phi) is 10.3. The van der Waals surface area contributed by atoms with Crippen LogP contribution < -0.4 is 0 Å². The zero-order chi connectivity index (χ0) is 21.9. The Hall–Kier alpha value is -2.45. The van der Waals surface area contributed by atoms with Crippen molar-refractivity contribution >= 4 is 17.9 Å². The van der Waals surface area contributed by atoms with Crippen LogP contribution in [-0.4, -0.2) is 61.1 Å². The average molecular weight is 410 g/mol. The summed E-state index contributed by atoms with van der Waals surface area (Å²) in [6.45, 7) is 6.28. The number of esters is 3. The number of hydrogen-bond acceptors (Lipinski definition) is 8. The molecule has 0 saturated carbocycles. The fraction of sp³-hybridized carbons (Fsp3) is 0.571. The molecule has 1 rings (SSSR count). The van der Waals surface area contributed by atoms with Gasteiger partial charge in [0.05, 0.1) is 19.8 Å². The summed E-state index contributed by atoms with van der Waals surface area (Å²) in [5.41, 5.74) is -1.90. The van der Waals surface area contributed by atoms with Gasteiger partial charge in [0.1, 0.15) is 0 Å². The molecule has 0 saturated heterocycles. The second kappa shape index (κ2) is 12.2. The molecule has 162 valence electrons. The summed E-state index contributed by atoms with van der Waals surface area (Å²) in [5.74, 6) is -3.62. The summed E-state index contributed by atoms with van der Waals surface area (Å²) < 4.78 is 20.0. The van der Waals surface area contributed by atoms with E-state index < -0.39 is 29.6 Å². The Balaban J connectivity index is 3.04. The summed E-state index contributed by atoms with van der Waals surface area (Å²) in [4.78, 5) is 37.2. The first kappa shape index (κ1) is 24.6. The van der Waals surface area contributed by atoms with E-state index >= 15 is 0 Å². The van der Waals surface area contributed by atoms with Crippen LogP contribution in [0.2, 0.25) is 0 Å². The molecule has 29 heavy (non-hydrogen) atoms. The van der Waals surface area contributed by atoms with Gasteiger partial charge in [0, 0.05) is 6.61 Å². The molecule has 0 fully saturated rings. The molecule has 2 atom stereocenters. The molecule has 0 heterocycles. The number of benzene rings is 1. The van der Waals surface area contributed by atoms with Crippen molar-refractivity contribution in [1.82, 2.24) is 0 Å². The van der Waals surface area contributed by atoms with Crippen molar-refractivity contribution < 1.29 is 38.4 Å². The van der Waals surface area contributed by atoms with Gasteiger partial charge in [-0.05, 0) is 38.7 Å². The van der Waals surface area contributed by atoms with Gasteiger partial charge in [-0.25, -0.2) is 14.4 Å². The minimum atomic E-state index is -2.96. The van der Waals surface area contributed by atoms with E-state index in [0.29, 0.717) is 6.42 Å². The third-order valence-corrected chi connectivity index (χ3v) is 4.26. The number of rotatable bonds is 12. The van der Waals surface area contributed by atoms with Crippen molar-refractivity contribution in [1.29, 1.82) is 0 Å². The molecule has 0 aliphatic carbocycles. The summed E-state index contributed by atoms with van der Waals surface area (Å²) >= 11 is 0. The van der Waals surface area contributed by atoms with Gasteiger partial charge in [-0.1, -0.05) is 37.3 Å². The first-order valence-electron chi connectivity index (χ1n) is 9.72. The van der Waals surface area contributed by atoms with E-state index in [0.717, 1.165) is 5.56 Å². The van der Waals surface area contributed by atoms with E-state index in [2.05, 4.69) is 0 Å². The van der Waals surface area contributed by atoms with Crippen molar-refractivity contribution in [2.75, 3.05) is 26.4 Å². The zero-order valence-corrected chi connectivity index (χ0v) is 17.4. The van der Waals surface area contributed by atoms with Crippen molar-refractivity contribution in [3.8, 4) is 0 Å². The quantitative estimate of drug-likeness (QED) is 0.317. The number of carbonyl (C=O) groups excluding carboxylic acids is 3. The van der Waals surface area contributed by atoms with Gasteiger partial charge < -0.3 is 24.1 Å². The molecule has 0 spiro atoms. The summed E-state index contributed by atoms with van der Waals surface area (Å²) in [6, 6.07) is 9.65.